The van der Waals surface area contributed by atoms with E-state index < -0.39 is 0 Å². The first-order valence-corrected chi connectivity index (χ1v) is 5.67. The minimum Gasteiger partial charge on any atom is -0.468 e. The number of furan rings is 1. The molecule has 3 nitrogen and oxygen atoms in total. The van der Waals surface area contributed by atoms with Crippen LogP contribution in [0.3, 0.4) is 0 Å². The van der Waals surface area contributed by atoms with E-state index in [9.17, 15) is 0 Å². The summed E-state index contributed by atoms with van der Waals surface area (Å²) in [6, 6.07) is 4.41. The highest BCUT2D eigenvalue weighted by Crippen LogP contribution is 2.15. The Morgan fingerprint density at radius 2 is 2.44 bits per heavy atom. The van der Waals surface area contributed by atoms with Crippen molar-refractivity contribution in [2.75, 3.05) is 13.7 Å². The van der Waals surface area contributed by atoms with Crippen LogP contribution >= 0.6 is 0 Å². The number of hydrogen-bond donors (Lipinski definition) is 1. The first-order valence-electron chi connectivity index (χ1n) is 5.67. The average Bonchev–Trinajstić information content (AvgIpc) is 2.79. The van der Waals surface area contributed by atoms with Gasteiger partial charge >= 0.3 is 0 Å². The van der Waals surface area contributed by atoms with Crippen LogP contribution < -0.4 is 5.32 Å². The molecule has 0 saturated carbocycles. The third-order valence-corrected chi connectivity index (χ3v) is 2.51. The van der Waals surface area contributed by atoms with Crippen LogP contribution in [0.5, 0.6) is 0 Å². The van der Waals surface area contributed by atoms with Crippen LogP contribution in [0.15, 0.2) is 35.5 Å². The Hall–Kier alpha value is -1.06. The van der Waals surface area contributed by atoms with E-state index in [4.69, 9.17) is 9.15 Å². The lowest BCUT2D eigenvalue weighted by atomic mass is 10.1. The predicted molar refractivity (Wildman–Crippen MR) is 65.4 cm³/mol. The van der Waals surface area contributed by atoms with Gasteiger partial charge < -0.3 is 14.5 Å². The average molecular weight is 223 g/mol. The second-order valence-electron chi connectivity index (χ2n) is 3.96. The topological polar surface area (TPSA) is 34.4 Å². The van der Waals surface area contributed by atoms with Crippen LogP contribution in [0.2, 0.25) is 0 Å². The van der Waals surface area contributed by atoms with E-state index in [0.29, 0.717) is 12.6 Å². The zero-order valence-corrected chi connectivity index (χ0v) is 10.1. The Morgan fingerprint density at radius 3 is 3.00 bits per heavy atom. The summed E-state index contributed by atoms with van der Waals surface area (Å²) < 4.78 is 10.6. The summed E-state index contributed by atoms with van der Waals surface area (Å²) in [6.07, 6.45) is 5.72. The monoisotopic (exact) mass is 223 g/mol. The summed E-state index contributed by atoms with van der Waals surface area (Å²) in [4.78, 5) is 0. The molecule has 0 spiro atoms. The van der Waals surface area contributed by atoms with Crippen molar-refractivity contribution in [1.82, 2.24) is 5.32 Å². The number of methoxy groups -OCH3 is 1. The first-order chi connectivity index (χ1) is 7.77. The van der Waals surface area contributed by atoms with Gasteiger partial charge in [-0.05, 0) is 31.9 Å². The van der Waals surface area contributed by atoms with Crippen LogP contribution in [0, 0.1) is 0 Å². The SMILES string of the molecule is C=CCCC(C)NC(COC)c1ccco1. The van der Waals surface area contributed by atoms with Crippen molar-refractivity contribution < 1.29 is 9.15 Å². The molecule has 1 N–H and O–H groups in total. The molecule has 0 radical (unpaired) electrons. The molecule has 0 saturated heterocycles. The summed E-state index contributed by atoms with van der Waals surface area (Å²) in [5.74, 6) is 0.923. The lowest BCUT2D eigenvalue weighted by Crippen LogP contribution is -2.32. The van der Waals surface area contributed by atoms with Crippen molar-refractivity contribution >= 4 is 0 Å². The second kappa shape index (κ2) is 7.25. The quantitative estimate of drug-likeness (QED) is 0.688. The maximum Gasteiger partial charge on any atom is 0.123 e. The molecule has 0 bridgehead atoms. The fraction of sp³-hybridized carbons (Fsp3) is 0.538. The normalized spacial score (nSPS) is 14.6. The molecule has 16 heavy (non-hydrogen) atoms. The van der Waals surface area contributed by atoms with Crippen LogP contribution in [0.25, 0.3) is 0 Å². The minimum atomic E-state index is 0.125. The van der Waals surface area contributed by atoms with Crippen molar-refractivity contribution in [3.8, 4) is 0 Å². The molecule has 0 aliphatic carbocycles. The number of hydrogen-bond acceptors (Lipinski definition) is 3. The van der Waals surface area contributed by atoms with E-state index >= 15 is 0 Å². The van der Waals surface area contributed by atoms with Gasteiger partial charge in [0.2, 0.25) is 0 Å². The van der Waals surface area contributed by atoms with E-state index in [1.54, 1.807) is 13.4 Å². The Bertz CT molecular complexity index is 282. The van der Waals surface area contributed by atoms with Crippen molar-refractivity contribution in [2.45, 2.75) is 31.8 Å². The Balaban J connectivity index is 2.48. The first kappa shape index (κ1) is 13.0. The maximum absolute atomic E-state index is 5.39. The lowest BCUT2D eigenvalue weighted by molar-refractivity contribution is 0.151. The molecule has 90 valence electrons. The zero-order chi connectivity index (χ0) is 11.8. The molecule has 2 unspecified atom stereocenters. The summed E-state index contributed by atoms with van der Waals surface area (Å²) in [7, 11) is 1.70. The largest absolute Gasteiger partial charge is 0.468 e. The predicted octanol–water partition coefficient (Wildman–Crippen LogP) is 2.91. The van der Waals surface area contributed by atoms with Gasteiger partial charge in [-0.15, -0.1) is 6.58 Å². The molecule has 3 heteroatoms. The van der Waals surface area contributed by atoms with E-state index in [-0.39, 0.29) is 6.04 Å². The molecule has 0 fully saturated rings. The minimum absolute atomic E-state index is 0.125. The second-order valence-corrected chi connectivity index (χ2v) is 3.96. The van der Waals surface area contributed by atoms with Gasteiger partial charge in [-0.1, -0.05) is 6.08 Å². The lowest BCUT2D eigenvalue weighted by Gasteiger charge is -2.20. The Morgan fingerprint density at radius 1 is 1.62 bits per heavy atom. The van der Waals surface area contributed by atoms with Crippen molar-refractivity contribution in [3.63, 3.8) is 0 Å². The van der Waals surface area contributed by atoms with Gasteiger partial charge in [-0.3, -0.25) is 0 Å². The fourth-order valence-corrected chi connectivity index (χ4v) is 1.66. The molecule has 1 rings (SSSR count). The molecular weight excluding hydrogens is 202 g/mol. The summed E-state index contributed by atoms with van der Waals surface area (Å²) in [5.41, 5.74) is 0. The molecule has 0 aromatic carbocycles. The van der Waals surface area contributed by atoms with E-state index in [1.165, 1.54) is 0 Å². The van der Waals surface area contributed by atoms with Gasteiger partial charge in [-0.25, -0.2) is 0 Å². The van der Waals surface area contributed by atoms with Gasteiger partial charge in [-0.2, -0.15) is 0 Å². The molecule has 2 atom stereocenters. The van der Waals surface area contributed by atoms with Crippen molar-refractivity contribution in [2.24, 2.45) is 0 Å². The van der Waals surface area contributed by atoms with Gasteiger partial charge in [0.05, 0.1) is 18.9 Å². The van der Waals surface area contributed by atoms with Crippen molar-refractivity contribution in [3.05, 3.63) is 36.8 Å². The van der Waals surface area contributed by atoms with Crippen LogP contribution in [-0.2, 0) is 4.74 Å². The molecule has 0 aliphatic heterocycles. The number of nitrogens with one attached hydrogen (secondary N) is 1. The third-order valence-electron chi connectivity index (χ3n) is 2.51. The zero-order valence-electron chi connectivity index (χ0n) is 10.1. The van der Waals surface area contributed by atoms with Crippen LogP contribution in [0.1, 0.15) is 31.6 Å². The van der Waals surface area contributed by atoms with Crippen LogP contribution in [-0.4, -0.2) is 19.8 Å². The Kier molecular flexibility index (Phi) is 5.90. The van der Waals surface area contributed by atoms with Gasteiger partial charge in [0.15, 0.2) is 0 Å². The maximum atomic E-state index is 5.39. The van der Waals surface area contributed by atoms with Gasteiger partial charge in [0.1, 0.15) is 5.76 Å². The van der Waals surface area contributed by atoms with E-state index in [1.807, 2.05) is 18.2 Å². The standard InChI is InChI=1S/C13H21NO2/c1-4-5-7-11(2)14-12(10-15-3)13-8-6-9-16-13/h4,6,8-9,11-12,14H,1,5,7,10H2,2-3H3. The highest BCUT2D eigenvalue weighted by atomic mass is 16.5. The molecule has 1 aromatic rings. The van der Waals surface area contributed by atoms with Crippen LogP contribution in [0.4, 0.5) is 0 Å². The van der Waals surface area contributed by atoms with E-state index in [0.717, 1.165) is 18.6 Å². The van der Waals surface area contributed by atoms with Gasteiger partial charge in [0.25, 0.3) is 0 Å². The molecule has 1 aromatic heterocycles. The summed E-state index contributed by atoms with van der Waals surface area (Å²) in [5, 5.41) is 3.49. The van der Waals surface area contributed by atoms with Crippen molar-refractivity contribution in [1.29, 1.82) is 0 Å². The number of rotatable bonds is 8. The number of allylic oxidation sites excluding steroid dienone is 1. The smallest absolute Gasteiger partial charge is 0.123 e. The summed E-state index contributed by atoms with van der Waals surface area (Å²) >= 11 is 0. The summed E-state index contributed by atoms with van der Waals surface area (Å²) in [6.45, 7) is 6.51. The van der Waals surface area contributed by atoms with Gasteiger partial charge in [0, 0.05) is 13.2 Å². The molecular formula is C13H21NO2. The molecule has 1 heterocycles. The Labute approximate surface area is 97.5 Å². The third kappa shape index (κ3) is 4.21. The highest BCUT2D eigenvalue weighted by Gasteiger charge is 2.16. The molecule has 0 amide bonds. The fourth-order valence-electron chi connectivity index (χ4n) is 1.66. The number of ether oxygens (including phenoxy) is 1. The van der Waals surface area contributed by atoms with E-state index in [2.05, 4.69) is 18.8 Å². The highest BCUT2D eigenvalue weighted by molar-refractivity contribution is 5.04. The molecule has 0 aliphatic rings.